The molecule has 0 spiro atoms. The Hall–Kier alpha value is -1.02. The molecule has 0 saturated carbocycles. The Morgan fingerprint density at radius 3 is 2.36 bits per heavy atom. The van der Waals surface area contributed by atoms with Crippen LogP contribution in [0.2, 0.25) is 0 Å². The van der Waals surface area contributed by atoms with E-state index in [-0.39, 0.29) is 6.61 Å². The Morgan fingerprint density at radius 1 is 1.18 bits per heavy atom. The van der Waals surface area contributed by atoms with Crippen LogP contribution >= 0.6 is 7.82 Å². The number of amides is 1. The number of carbonyl (C=O) groups is 1. The predicted octanol–water partition coefficient (Wildman–Crippen LogP) is 1.75. The van der Waals surface area contributed by atoms with Gasteiger partial charge in [0.05, 0.1) is 39.9 Å². The lowest BCUT2D eigenvalue weighted by molar-refractivity contribution is -0.870. The zero-order valence-corrected chi connectivity index (χ0v) is 18.7. The number of quaternary nitrogens is 1. The van der Waals surface area contributed by atoms with E-state index in [1.54, 1.807) is 6.08 Å². The number of hydrogen-bond donors (Lipinski definition) is 2. The maximum absolute atomic E-state index is 11.9. The van der Waals surface area contributed by atoms with Crippen molar-refractivity contribution < 1.29 is 32.9 Å². The minimum absolute atomic E-state index is 0.0108. The average molecular weight is 420 g/mol. The molecule has 3 atom stereocenters. The summed E-state index contributed by atoms with van der Waals surface area (Å²) in [6.45, 7) is 3.47. The lowest BCUT2D eigenvalue weighted by atomic mass is 10.1. The monoisotopic (exact) mass is 420 g/mol. The van der Waals surface area contributed by atoms with Crippen molar-refractivity contribution in [2.24, 2.45) is 0 Å². The van der Waals surface area contributed by atoms with Gasteiger partial charge in [-0.25, -0.2) is 0 Å². The lowest BCUT2D eigenvalue weighted by Crippen LogP contribution is -2.45. The normalized spacial score (nSPS) is 17.0. The third-order valence-corrected chi connectivity index (χ3v) is 4.64. The number of nitrogens with zero attached hydrogens (tertiary/aromatic N) is 1. The van der Waals surface area contributed by atoms with Gasteiger partial charge in [-0.2, -0.15) is 0 Å². The van der Waals surface area contributed by atoms with Crippen LogP contribution in [0.4, 0.5) is 0 Å². The Morgan fingerprint density at radius 2 is 1.79 bits per heavy atom. The molecule has 1 amide bonds. The summed E-state index contributed by atoms with van der Waals surface area (Å²) in [6, 6.07) is -0.895. The zero-order valence-electron chi connectivity index (χ0n) is 17.8. The minimum atomic E-state index is -4.52. The van der Waals surface area contributed by atoms with Crippen LogP contribution in [0.5, 0.6) is 0 Å². The number of likely N-dealkylation sites (N-methyl/N-ethyl adjacent to an activating group) is 1. The first-order chi connectivity index (χ1) is 13.0. The molecule has 0 saturated heterocycles. The van der Waals surface area contributed by atoms with E-state index >= 15 is 0 Å². The number of phosphoric acid groups is 1. The molecule has 8 nitrogen and oxygen atoms in total. The van der Waals surface area contributed by atoms with Gasteiger partial charge in [0.2, 0.25) is 5.91 Å². The highest BCUT2D eigenvalue weighted by Gasteiger charge is 2.22. The van der Waals surface area contributed by atoms with Gasteiger partial charge in [0.15, 0.2) is 0 Å². The number of carbonyl (C=O) groups excluding carboxylic acids is 1. The van der Waals surface area contributed by atoms with Gasteiger partial charge in [0, 0.05) is 6.92 Å². The maximum atomic E-state index is 11.9. The van der Waals surface area contributed by atoms with E-state index in [2.05, 4.69) is 24.4 Å². The average Bonchev–Trinajstić information content (AvgIpc) is 2.56. The molecule has 0 aliphatic rings. The molecule has 28 heavy (non-hydrogen) atoms. The molecule has 0 bridgehead atoms. The van der Waals surface area contributed by atoms with Crippen LogP contribution in [-0.4, -0.2) is 68.5 Å². The standard InChI is InChI=1S/C19H37N2O6P/c1-6-7-8-9-10-11-12-13-19(23)18(20-17(2)22)16-27-28(24,25)26-15-14-21(3,4)5/h8-9,12-13,18-19,23H,6-7,10-11,14-16H2,1-5H3,(H-,20,22,24,25)/b9-8+,13-12+. The molecule has 0 heterocycles. The van der Waals surface area contributed by atoms with E-state index < -0.39 is 32.5 Å². The highest BCUT2D eigenvalue weighted by molar-refractivity contribution is 7.45. The van der Waals surface area contributed by atoms with Gasteiger partial charge < -0.3 is 28.8 Å². The summed E-state index contributed by atoms with van der Waals surface area (Å²) >= 11 is 0. The number of nitrogens with one attached hydrogen (secondary N) is 1. The van der Waals surface area contributed by atoms with Gasteiger partial charge in [-0.05, 0) is 19.3 Å². The Labute approximate surface area is 169 Å². The Kier molecular flexibility index (Phi) is 13.5. The van der Waals surface area contributed by atoms with Gasteiger partial charge in [-0.3, -0.25) is 9.36 Å². The molecule has 2 N–H and O–H groups in total. The van der Waals surface area contributed by atoms with Crippen LogP contribution in [0, 0.1) is 0 Å². The lowest BCUT2D eigenvalue weighted by Gasteiger charge is -2.29. The third-order valence-electron chi connectivity index (χ3n) is 3.68. The molecule has 0 aliphatic carbocycles. The number of hydrogen-bond acceptors (Lipinski definition) is 6. The van der Waals surface area contributed by atoms with E-state index in [0.29, 0.717) is 11.0 Å². The third kappa shape index (κ3) is 16.0. The van der Waals surface area contributed by atoms with Crippen LogP contribution in [0.3, 0.4) is 0 Å². The molecule has 0 aromatic heterocycles. The molecule has 9 heteroatoms. The van der Waals surface area contributed by atoms with E-state index in [4.69, 9.17) is 9.05 Å². The SMILES string of the molecule is CCC/C=C/CC/C=C/C(O)C(COP(=O)([O-])OCC[N+](C)(C)C)NC(C)=O. The van der Waals surface area contributed by atoms with E-state index in [1.165, 1.54) is 13.0 Å². The Balaban J connectivity index is 4.55. The summed E-state index contributed by atoms with van der Waals surface area (Å²) in [7, 11) is 1.22. The summed E-state index contributed by atoms with van der Waals surface area (Å²) in [4.78, 5) is 23.2. The number of aliphatic hydroxyl groups excluding tert-OH is 1. The second-order valence-electron chi connectivity index (χ2n) is 7.65. The summed E-state index contributed by atoms with van der Waals surface area (Å²) in [6.07, 6.45) is 10.2. The number of unbranched alkanes of at least 4 members (excludes halogenated alkanes) is 2. The molecule has 164 valence electrons. The molecule has 0 fully saturated rings. The van der Waals surface area contributed by atoms with Gasteiger partial charge in [-0.15, -0.1) is 0 Å². The summed E-state index contributed by atoms with van der Waals surface area (Å²) in [5.74, 6) is -0.393. The van der Waals surface area contributed by atoms with E-state index in [1.807, 2.05) is 21.1 Å². The van der Waals surface area contributed by atoms with Gasteiger partial charge in [0.1, 0.15) is 13.2 Å². The highest BCUT2D eigenvalue weighted by atomic mass is 31.2. The van der Waals surface area contributed by atoms with E-state index in [0.717, 1.165) is 25.7 Å². The van der Waals surface area contributed by atoms with Crippen LogP contribution in [0.15, 0.2) is 24.3 Å². The van der Waals surface area contributed by atoms with Crippen molar-refractivity contribution in [2.45, 2.75) is 51.7 Å². The van der Waals surface area contributed by atoms with Crippen molar-refractivity contribution >= 4 is 13.7 Å². The minimum Gasteiger partial charge on any atom is -0.756 e. The van der Waals surface area contributed by atoms with Crippen molar-refractivity contribution in [3.63, 3.8) is 0 Å². The second-order valence-corrected chi connectivity index (χ2v) is 9.06. The number of rotatable bonds is 15. The summed E-state index contributed by atoms with van der Waals surface area (Å²) < 4.78 is 22.1. The van der Waals surface area contributed by atoms with Crippen molar-refractivity contribution in [3.05, 3.63) is 24.3 Å². The second kappa shape index (κ2) is 14.0. The molecule has 3 unspecified atom stereocenters. The maximum Gasteiger partial charge on any atom is 0.268 e. The zero-order chi connectivity index (χ0) is 21.6. The van der Waals surface area contributed by atoms with Crippen LogP contribution in [0.25, 0.3) is 0 Å². The molecule has 0 aromatic rings. The first-order valence-corrected chi connectivity index (χ1v) is 11.1. The fraction of sp³-hybridized carbons (Fsp3) is 0.737. The van der Waals surface area contributed by atoms with Crippen LogP contribution < -0.4 is 10.2 Å². The molecular weight excluding hydrogens is 383 g/mol. The topological polar surface area (TPSA) is 108 Å². The van der Waals surface area contributed by atoms with Gasteiger partial charge in [0.25, 0.3) is 7.82 Å². The molecular formula is C19H37N2O6P. The number of aliphatic hydroxyl groups is 1. The number of phosphoric ester groups is 1. The smallest absolute Gasteiger partial charge is 0.268 e. The summed E-state index contributed by atoms with van der Waals surface area (Å²) in [5, 5.41) is 12.7. The van der Waals surface area contributed by atoms with Crippen LogP contribution in [0.1, 0.15) is 39.5 Å². The highest BCUT2D eigenvalue weighted by Crippen LogP contribution is 2.38. The van der Waals surface area contributed by atoms with Crippen molar-refractivity contribution in [2.75, 3.05) is 40.9 Å². The van der Waals surface area contributed by atoms with Crippen molar-refractivity contribution in [1.82, 2.24) is 5.32 Å². The summed E-state index contributed by atoms with van der Waals surface area (Å²) in [5.41, 5.74) is 0. The van der Waals surface area contributed by atoms with Crippen molar-refractivity contribution in [1.29, 1.82) is 0 Å². The molecule has 0 aromatic carbocycles. The predicted molar refractivity (Wildman–Crippen MR) is 108 cm³/mol. The number of allylic oxidation sites excluding steroid dienone is 3. The van der Waals surface area contributed by atoms with E-state index in [9.17, 15) is 19.4 Å². The fourth-order valence-corrected chi connectivity index (χ4v) is 2.81. The largest absolute Gasteiger partial charge is 0.756 e. The van der Waals surface area contributed by atoms with Gasteiger partial charge in [-0.1, -0.05) is 37.6 Å². The Bertz CT molecular complexity index is 545. The molecule has 0 radical (unpaired) electrons. The van der Waals surface area contributed by atoms with Crippen molar-refractivity contribution in [3.8, 4) is 0 Å². The molecule has 0 rings (SSSR count). The van der Waals surface area contributed by atoms with Gasteiger partial charge >= 0.3 is 0 Å². The quantitative estimate of drug-likeness (QED) is 0.181. The molecule has 0 aliphatic heterocycles. The fourth-order valence-electron chi connectivity index (χ4n) is 2.09. The first kappa shape index (κ1) is 27.0. The van der Waals surface area contributed by atoms with Crippen LogP contribution in [-0.2, 0) is 18.4 Å². The first-order valence-electron chi connectivity index (χ1n) is 9.64.